The molecule has 0 aliphatic rings. The molecule has 1 heteroatoms. The molecule has 0 spiro atoms. The van der Waals surface area contributed by atoms with Crippen molar-refractivity contribution >= 4 is 5.78 Å². The van der Waals surface area contributed by atoms with E-state index in [1.807, 2.05) is 6.92 Å². The number of carbonyl (C=O) groups is 1. The highest BCUT2D eigenvalue weighted by Crippen LogP contribution is 2.16. The van der Waals surface area contributed by atoms with Gasteiger partial charge in [-0.15, -0.1) is 0 Å². The molecule has 0 aliphatic heterocycles. The van der Waals surface area contributed by atoms with Crippen LogP contribution < -0.4 is 0 Å². The highest BCUT2D eigenvalue weighted by molar-refractivity contribution is 5.90. The minimum atomic E-state index is 0.243. The molecule has 0 aromatic rings. The van der Waals surface area contributed by atoms with Crippen LogP contribution in [0.5, 0.6) is 0 Å². The van der Waals surface area contributed by atoms with Gasteiger partial charge in [-0.3, -0.25) is 4.79 Å². The van der Waals surface area contributed by atoms with E-state index in [0.29, 0.717) is 12.3 Å². The smallest absolute Gasteiger partial charge is 0.156 e. The fourth-order valence-corrected chi connectivity index (χ4v) is 2.24. The molecule has 0 radical (unpaired) electrons. The molecule has 1 nitrogen and oxygen atoms in total. The van der Waals surface area contributed by atoms with Gasteiger partial charge in [-0.25, -0.2) is 0 Å². The molecule has 1 atom stereocenters. The molecule has 0 N–H and O–H groups in total. The summed E-state index contributed by atoms with van der Waals surface area (Å²) in [7, 11) is 0. The lowest BCUT2D eigenvalue weighted by Crippen LogP contribution is -1.99. The molecule has 0 saturated heterocycles. The third kappa shape index (κ3) is 12.2. The average Bonchev–Trinajstić information content (AvgIpc) is 2.26. The monoisotopic (exact) mass is 278 g/mol. The Balaban J connectivity index is 3.98. The molecule has 0 fully saturated rings. The van der Waals surface area contributed by atoms with Crippen LogP contribution in [0.1, 0.15) is 73.6 Å². The van der Waals surface area contributed by atoms with Crippen LogP contribution in [0.2, 0.25) is 0 Å². The van der Waals surface area contributed by atoms with Gasteiger partial charge in [-0.1, -0.05) is 66.0 Å². The highest BCUT2D eigenvalue weighted by Gasteiger charge is 2.02. The zero-order chi connectivity index (χ0) is 15.5. The zero-order valence-corrected chi connectivity index (χ0v) is 14.4. The number of allylic oxidation sites excluding steroid dienone is 4. The molecule has 0 amide bonds. The van der Waals surface area contributed by atoms with Gasteiger partial charge in [0.1, 0.15) is 0 Å². The van der Waals surface area contributed by atoms with Gasteiger partial charge in [-0.2, -0.15) is 0 Å². The minimum absolute atomic E-state index is 0.243. The van der Waals surface area contributed by atoms with Gasteiger partial charge >= 0.3 is 0 Å². The minimum Gasteiger partial charge on any atom is -0.295 e. The lowest BCUT2D eigenvalue weighted by atomic mass is 9.97. The molecule has 1 unspecified atom stereocenters. The second kappa shape index (κ2) is 10.9. The average molecular weight is 278 g/mol. The van der Waals surface area contributed by atoms with Crippen molar-refractivity contribution in [2.45, 2.75) is 73.6 Å². The van der Waals surface area contributed by atoms with Crippen molar-refractivity contribution in [2.24, 2.45) is 17.8 Å². The predicted octanol–water partition coefficient (Wildman–Crippen LogP) is 5.96. The highest BCUT2D eigenvalue weighted by atomic mass is 16.1. The summed E-state index contributed by atoms with van der Waals surface area (Å²) in [6.07, 6.45) is 11.8. The second-order valence-corrected chi connectivity index (χ2v) is 7.02. The first-order valence-electron chi connectivity index (χ1n) is 8.19. The lowest BCUT2D eigenvalue weighted by Gasteiger charge is -2.09. The van der Waals surface area contributed by atoms with Crippen LogP contribution in [0.15, 0.2) is 23.8 Å². The number of rotatable bonds is 10. The zero-order valence-electron chi connectivity index (χ0n) is 14.4. The normalized spacial score (nSPS) is 14.5. The van der Waals surface area contributed by atoms with Gasteiger partial charge in [0, 0.05) is 6.42 Å². The van der Waals surface area contributed by atoms with Gasteiger partial charge in [0.05, 0.1) is 0 Å². The van der Waals surface area contributed by atoms with Crippen molar-refractivity contribution in [3.8, 4) is 0 Å². The van der Waals surface area contributed by atoms with Crippen molar-refractivity contribution in [1.82, 2.24) is 0 Å². The van der Waals surface area contributed by atoms with Crippen molar-refractivity contribution in [3.63, 3.8) is 0 Å². The van der Waals surface area contributed by atoms with E-state index < -0.39 is 0 Å². The van der Waals surface area contributed by atoms with E-state index in [1.54, 1.807) is 6.08 Å². The van der Waals surface area contributed by atoms with Crippen LogP contribution in [-0.2, 0) is 4.79 Å². The third-order valence-corrected chi connectivity index (χ3v) is 3.40. The first-order valence-corrected chi connectivity index (χ1v) is 8.19. The summed E-state index contributed by atoms with van der Waals surface area (Å²) >= 11 is 0. The van der Waals surface area contributed by atoms with Crippen LogP contribution in [0.25, 0.3) is 0 Å². The van der Waals surface area contributed by atoms with Crippen molar-refractivity contribution in [1.29, 1.82) is 0 Å². The summed E-state index contributed by atoms with van der Waals surface area (Å²) in [5.74, 6) is 2.24. The Bertz CT molecular complexity index is 321. The van der Waals surface area contributed by atoms with Gasteiger partial charge in [-0.05, 0) is 42.7 Å². The fourth-order valence-electron chi connectivity index (χ4n) is 2.24. The maximum atomic E-state index is 11.7. The number of hydrogen-bond donors (Lipinski definition) is 0. The van der Waals surface area contributed by atoms with E-state index in [0.717, 1.165) is 23.8 Å². The van der Waals surface area contributed by atoms with E-state index in [2.05, 4.69) is 46.8 Å². The molecule has 0 rings (SSSR count). The first kappa shape index (κ1) is 19.1. The molecule has 116 valence electrons. The quantitative estimate of drug-likeness (QED) is 0.356. The van der Waals surface area contributed by atoms with E-state index in [4.69, 9.17) is 0 Å². The van der Waals surface area contributed by atoms with Gasteiger partial charge in [0.2, 0.25) is 0 Å². The van der Waals surface area contributed by atoms with E-state index in [-0.39, 0.29) is 5.78 Å². The summed E-state index contributed by atoms with van der Waals surface area (Å²) in [6.45, 7) is 13.1. The molecule has 0 bridgehead atoms. The fraction of sp³-hybridized carbons (Fsp3) is 0.737. The van der Waals surface area contributed by atoms with Crippen LogP contribution in [0.3, 0.4) is 0 Å². The van der Waals surface area contributed by atoms with Crippen LogP contribution in [0.4, 0.5) is 0 Å². The van der Waals surface area contributed by atoms with E-state index in [1.165, 1.54) is 19.3 Å². The third-order valence-electron chi connectivity index (χ3n) is 3.40. The van der Waals surface area contributed by atoms with Gasteiger partial charge in [0.15, 0.2) is 5.78 Å². The lowest BCUT2D eigenvalue weighted by molar-refractivity contribution is -0.115. The first-order chi connectivity index (χ1) is 9.31. The van der Waals surface area contributed by atoms with Crippen molar-refractivity contribution in [3.05, 3.63) is 23.8 Å². The number of ketones is 1. The maximum Gasteiger partial charge on any atom is 0.156 e. The maximum absolute atomic E-state index is 11.7. The molecule has 0 aromatic carbocycles. The van der Waals surface area contributed by atoms with E-state index in [9.17, 15) is 4.79 Å². The molecular weight excluding hydrogens is 244 g/mol. The molecule has 0 aliphatic carbocycles. The Labute approximate surface area is 126 Å². The second-order valence-electron chi connectivity index (χ2n) is 7.02. The molecular formula is C19H34O. The molecule has 20 heavy (non-hydrogen) atoms. The van der Waals surface area contributed by atoms with E-state index >= 15 is 0 Å². The Morgan fingerprint density at radius 3 is 2.20 bits per heavy atom. The summed E-state index contributed by atoms with van der Waals surface area (Å²) in [6, 6.07) is 0. The Morgan fingerprint density at radius 1 is 1.00 bits per heavy atom. The summed E-state index contributed by atoms with van der Waals surface area (Å²) in [5, 5.41) is 0. The Morgan fingerprint density at radius 2 is 1.65 bits per heavy atom. The summed E-state index contributed by atoms with van der Waals surface area (Å²) in [5.41, 5.74) is 1.07. The van der Waals surface area contributed by atoms with Gasteiger partial charge in [0.25, 0.3) is 0 Å². The predicted molar refractivity (Wildman–Crippen MR) is 89.8 cm³/mol. The molecule has 0 aromatic heterocycles. The Hall–Kier alpha value is -0.850. The largest absolute Gasteiger partial charge is 0.295 e. The summed E-state index contributed by atoms with van der Waals surface area (Å²) < 4.78 is 0. The van der Waals surface area contributed by atoms with Crippen LogP contribution in [-0.4, -0.2) is 5.78 Å². The summed E-state index contributed by atoms with van der Waals surface area (Å²) in [4.78, 5) is 11.7. The number of carbonyl (C=O) groups excluding carboxylic acids is 1. The Kier molecular flexibility index (Phi) is 10.4. The number of hydrogen-bond acceptors (Lipinski definition) is 1. The van der Waals surface area contributed by atoms with Crippen molar-refractivity contribution in [2.75, 3.05) is 0 Å². The molecule has 0 heterocycles. The molecule has 0 saturated carbocycles. The topological polar surface area (TPSA) is 17.1 Å². The van der Waals surface area contributed by atoms with Gasteiger partial charge < -0.3 is 0 Å². The van der Waals surface area contributed by atoms with Crippen LogP contribution in [0, 0.1) is 17.8 Å². The van der Waals surface area contributed by atoms with Crippen molar-refractivity contribution < 1.29 is 4.79 Å². The standard InChI is InChI=1S/C19H34O/c1-15(2)9-7-10-17(5)11-8-12-18(6)14-19(20)13-16(3)4/h8,12,14-17H,7,9-11,13H2,1-6H3/b12-8+,18-14+. The SMILES string of the molecule is CC(/C=C/CC(C)CCCC(C)C)=C\C(=O)CC(C)C. The van der Waals surface area contributed by atoms with Crippen LogP contribution >= 0.6 is 0 Å².